The number of carboxylic acid groups (broad SMARTS) is 1. The third-order valence-corrected chi connectivity index (χ3v) is 8.87. The topological polar surface area (TPSA) is 192 Å². The molecule has 0 aliphatic heterocycles. The molecule has 0 saturated heterocycles. The van der Waals surface area contributed by atoms with Crippen molar-refractivity contribution in [2.24, 2.45) is 5.73 Å². The van der Waals surface area contributed by atoms with Gasteiger partial charge < -0.3 is 30.3 Å². The highest BCUT2D eigenvalue weighted by molar-refractivity contribution is 7.47. The van der Waals surface area contributed by atoms with Gasteiger partial charge >= 0.3 is 25.7 Å². The summed E-state index contributed by atoms with van der Waals surface area (Å²) in [5.41, 5.74) is 5.31. The molecule has 0 aromatic carbocycles. The van der Waals surface area contributed by atoms with Crippen LogP contribution in [-0.4, -0.2) is 71.1 Å². The first-order chi connectivity index (χ1) is 27.5. The number of allylic oxidation sites excluding steroid dienone is 15. The molecule has 13 heteroatoms. The van der Waals surface area contributed by atoms with Crippen LogP contribution in [0.1, 0.15) is 123 Å². The second kappa shape index (κ2) is 37.9. The van der Waals surface area contributed by atoms with E-state index < -0.39 is 63.8 Å². The lowest BCUT2D eigenvalue weighted by atomic mass is 10.1. The molecule has 1 unspecified atom stereocenters. The van der Waals surface area contributed by atoms with E-state index >= 15 is 0 Å². The Morgan fingerprint density at radius 1 is 0.649 bits per heavy atom. The zero-order valence-electron chi connectivity index (χ0n) is 34.2. The largest absolute Gasteiger partial charge is 0.480 e. The normalized spacial score (nSPS) is 15.3. The van der Waals surface area contributed by atoms with E-state index in [-0.39, 0.29) is 25.7 Å². The van der Waals surface area contributed by atoms with E-state index in [9.17, 15) is 28.9 Å². The van der Waals surface area contributed by atoms with Gasteiger partial charge in [-0.3, -0.25) is 23.4 Å². The van der Waals surface area contributed by atoms with Crippen LogP contribution in [0.3, 0.4) is 0 Å². The van der Waals surface area contributed by atoms with Gasteiger partial charge in [0.15, 0.2) is 6.10 Å². The molecular formula is C44H70NO11P. The number of aliphatic carboxylic acids is 1. The third kappa shape index (κ3) is 37.7. The van der Waals surface area contributed by atoms with Crippen molar-refractivity contribution < 1.29 is 52.6 Å². The lowest BCUT2D eigenvalue weighted by Gasteiger charge is -2.20. The Labute approximate surface area is 341 Å². The van der Waals surface area contributed by atoms with Crippen molar-refractivity contribution in [1.29, 1.82) is 0 Å². The van der Waals surface area contributed by atoms with Gasteiger partial charge in [0.1, 0.15) is 12.6 Å². The standard InChI is InChI=1S/C44H70NO11P/c1-3-5-7-9-11-13-15-17-18-20-22-24-26-28-30-34-42(47)53-36-40(37-54-57(51,52)55-38-41(45)44(49)50)56-43(48)35-31-33-39(46)32-29-27-25-23-21-19-16-14-12-10-8-6-4-2/h5,7,11-14,17-19,21-22,24-25,27,29,32,39-41,46H,3-4,6,8-10,15-16,20,23,26,28,30-31,33-38,45H2,1-2H3,(H,49,50)(H,51,52)/b7-5-,13-11-,14-12-,18-17-,21-19-,24-22-,27-25-,32-29+/t39-,40+,41-/m0/s1. The number of rotatable bonds is 36. The molecule has 0 aliphatic rings. The first kappa shape index (κ1) is 53.4. The molecule has 12 nitrogen and oxygen atoms in total. The van der Waals surface area contributed by atoms with Crippen LogP contribution in [0, 0.1) is 0 Å². The van der Waals surface area contributed by atoms with Gasteiger partial charge in [-0.15, -0.1) is 0 Å². The molecule has 0 radical (unpaired) electrons. The van der Waals surface area contributed by atoms with Crippen LogP contribution in [0.4, 0.5) is 0 Å². The molecule has 0 spiro atoms. The third-order valence-electron chi connectivity index (χ3n) is 7.92. The average Bonchev–Trinajstić information content (AvgIpc) is 3.18. The fraction of sp³-hybridized carbons (Fsp3) is 0.568. The summed E-state index contributed by atoms with van der Waals surface area (Å²) in [4.78, 5) is 45.9. The number of ether oxygens (including phenoxy) is 2. The summed E-state index contributed by atoms with van der Waals surface area (Å²) >= 11 is 0. The van der Waals surface area contributed by atoms with Crippen molar-refractivity contribution in [3.63, 3.8) is 0 Å². The van der Waals surface area contributed by atoms with E-state index in [1.807, 2.05) is 12.2 Å². The molecule has 0 aliphatic carbocycles. The molecule has 322 valence electrons. The molecule has 0 aromatic heterocycles. The van der Waals surface area contributed by atoms with Crippen LogP contribution in [0.5, 0.6) is 0 Å². The fourth-order valence-electron chi connectivity index (χ4n) is 4.69. The molecule has 0 bridgehead atoms. The lowest BCUT2D eigenvalue weighted by molar-refractivity contribution is -0.161. The lowest BCUT2D eigenvalue weighted by Crippen LogP contribution is -2.34. The van der Waals surface area contributed by atoms with E-state index in [0.29, 0.717) is 6.42 Å². The summed E-state index contributed by atoms with van der Waals surface area (Å²) < 4.78 is 32.4. The van der Waals surface area contributed by atoms with Gasteiger partial charge in [0.2, 0.25) is 0 Å². The van der Waals surface area contributed by atoms with Crippen LogP contribution >= 0.6 is 7.82 Å². The Morgan fingerprint density at radius 2 is 1.18 bits per heavy atom. The Kier molecular flexibility index (Phi) is 35.5. The molecule has 0 fully saturated rings. The number of phosphoric ester groups is 1. The minimum absolute atomic E-state index is 0.0823. The van der Waals surface area contributed by atoms with Crippen LogP contribution in [-0.2, 0) is 37.5 Å². The van der Waals surface area contributed by atoms with Gasteiger partial charge in [-0.25, -0.2) is 4.57 Å². The van der Waals surface area contributed by atoms with Gasteiger partial charge in [0.25, 0.3) is 0 Å². The molecular weight excluding hydrogens is 749 g/mol. The number of carboxylic acids is 1. The number of hydrogen-bond donors (Lipinski definition) is 4. The monoisotopic (exact) mass is 819 g/mol. The van der Waals surface area contributed by atoms with Crippen LogP contribution < -0.4 is 5.73 Å². The number of carbonyl (C=O) groups is 3. The minimum atomic E-state index is -4.78. The van der Waals surface area contributed by atoms with Crippen molar-refractivity contribution in [3.05, 3.63) is 97.2 Å². The Morgan fingerprint density at radius 3 is 1.75 bits per heavy atom. The van der Waals surface area contributed by atoms with Crippen molar-refractivity contribution >= 4 is 25.7 Å². The predicted molar refractivity (Wildman–Crippen MR) is 227 cm³/mol. The molecule has 0 rings (SSSR count). The van der Waals surface area contributed by atoms with Crippen molar-refractivity contribution in [2.45, 2.75) is 141 Å². The van der Waals surface area contributed by atoms with Crippen LogP contribution in [0.2, 0.25) is 0 Å². The summed E-state index contributed by atoms with van der Waals surface area (Å²) in [5.74, 6) is -2.68. The number of aliphatic hydroxyl groups is 1. The van der Waals surface area contributed by atoms with Gasteiger partial charge in [-0.2, -0.15) is 0 Å². The highest BCUT2D eigenvalue weighted by Crippen LogP contribution is 2.43. The quantitative estimate of drug-likeness (QED) is 0.0154. The molecule has 5 N–H and O–H groups in total. The molecule has 0 saturated carbocycles. The fourth-order valence-corrected chi connectivity index (χ4v) is 5.46. The zero-order chi connectivity index (χ0) is 42.2. The summed E-state index contributed by atoms with van der Waals surface area (Å²) in [7, 11) is -4.78. The molecule has 57 heavy (non-hydrogen) atoms. The highest BCUT2D eigenvalue weighted by atomic mass is 31.2. The zero-order valence-corrected chi connectivity index (χ0v) is 35.1. The maximum atomic E-state index is 12.6. The second-order valence-electron chi connectivity index (χ2n) is 13.2. The average molecular weight is 820 g/mol. The van der Waals surface area contributed by atoms with E-state index in [4.69, 9.17) is 24.8 Å². The number of aliphatic hydroxyl groups excluding tert-OH is 1. The smallest absolute Gasteiger partial charge is 0.472 e. The first-order valence-electron chi connectivity index (χ1n) is 20.4. The Bertz CT molecular complexity index is 1350. The maximum absolute atomic E-state index is 12.6. The second-order valence-corrected chi connectivity index (χ2v) is 14.7. The van der Waals surface area contributed by atoms with Gasteiger partial charge in [-0.05, 0) is 83.5 Å². The number of esters is 2. The number of phosphoric acid groups is 1. The number of hydrogen-bond acceptors (Lipinski definition) is 10. The SMILES string of the molecule is CC/C=C\C/C=C\C/C=C\C/C=C\CCCCC(=O)OC[C@H](COP(=O)(O)OC[C@H](N)C(=O)O)OC(=O)CCC[C@@H](O)/C=C/C=C\C/C=C\C/C=C\CCCCC. The summed E-state index contributed by atoms with van der Waals surface area (Å²) in [6.45, 7) is 2.38. The van der Waals surface area contributed by atoms with E-state index in [1.165, 1.54) is 19.3 Å². The summed E-state index contributed by atoms with van der Waals surface area (Å²) in [6, 6.07) is -1.56. The minimum Gasteiger partial charge on any atom is -0.480 e. The molecule has 4 atom stereocenters. The van der Waals surface area contributed by atoms with Gasteiger partial charge in [0, 0.05) is 12.8 Å². The molecule has 0 amide bonds. The first-order valence-corrected chi connectivity index (χ1v) is 21.9. The number of carbonyl (C=O) groups excluding carboxylic acids is 2. The molecule has 0 aromatic rings. The summed E-state index contributed by atoms with van der Waals surface area (Å²) in [5, 5.41) is 19.1. The van der Waals surface area contributed by atoms with Gasteiger partial charge in [0.05, 0.1) is 19.3 Å². The Balaban J connectivity index is 4.70. The predicted octanol–water partition coefficient (Wildman–Crippen LogP) is 9.47. The maximum Gasteiger partial charge on any atom is 0.472 e. The highest BCUT2D eigenvalue weighted by Gasteiger charge is 2.28. The Hall–Kier alpha value is -3.64. The number of unbranched alkanes of at least 4 members (excludes halogenated alkanes) is 5. The van der Waals surface area contributed by atoms with E-state index in [2.05, 4.69) is 91.3 Å². The number of nitrogens with two attached hydrogens (primary N) is 1. The molecule has 0 heterocycles. The van der Waals surface area contributed by atoms with Crippen molar-refractivity contribution in [1.82, 2.24) is 0 Å². The van der Waals surface area contributed by atoms with Crippen molar-refractivity contribution in [3.8, 4) is 0 Å². The summed E-state index contributed by atoms with van der Waals surface area (Å²) in [6.07, 6.45) is 43.7. The van der Waals surface area contributed by atoms with Gasteiger partial charge in [-0.1, -0.05) is 124 Å². The van der Waals surface area contributed by atoms with E-state index in [1.54, 1.807) is 12.2 Å². The van der Waals surface area contributed by atoms with Crippen molar-refractivity contribution in [2.75, 3.05) is 19.8 Å². The van der Waals surface area contributed by atoms with Crippen LogP contribution in [0.25, 0.3) is 0 Å². The van der Waals surface area contributed by atoms with E-state index in [0.717, 1.165) is 57.8 Å². The van der Waals surface area contributed by atoms with Crippen LogP contribution in [0.15, 0.2) is 97.2 Å².